The first-order valence-electron chi connectivity index (χ1n) is 3.88. The van der Waals surface area contributed by atoms with Gasteiger partial charge in [0.1, 0.15) is 12.9 Å². The standard InChI is InChI=1S/C6H7F3N6S/c7-6(8,9)1-11-3(10)14-4-12-2-13-5(16)15-4/h2H,1H2,(H4,10,11,12,13,14,15,16). The lowest BCUT2D eigenvalue weighted by molar-refractivity contribution is -0.118. The summed E-state index contributed by atoms with van der Waals surface area (Å²) < 4.78 is 35.3. The van der Waals surface area contributed by atoms with Crippen LogP contribution in [-0.2, 0) is 0 Å². The third-order valence-corrected chi connectivity index (χ3v) is 1.44. The maximum Gasteiger partial charge on any atom is 0.408 e. The number of aliphatic imine (C=N–C) groups is 1. The zero-order valence-electron chi connectivity index (χ0n) is 7.73. The van der Waals surface area contributed by atoms with Crippen LogP contribution >= 0.6 is 12.6 Å². The minimum atomic E-state index is -4.40. The number of hydrogen-bond donors (Lipinski definition) is 3. The molecule has 0 atom stereocenters. The van der Waals surface area contributed by atoms with Gasteiger partial charge in [-0.2, -0.15) is 18.2 Å². The van der Waals surface area contributed by atoms with Gasteiger partial charge in [0.05, 0.1) is 0 Å². The lowest BCUT2D eigenvalue weighted by Crippen LogP contribution is -2.26. The summed E-state index contributed by atoms with van der Waals surface area (Å²) in [6.07, 6.45) is -3.27. The third kappa shape index (κ3) is 4.77. The van der Waals surface area contributed by atoms with E-state index in [0.29, 0.717) is 0 Å². The fraction of sp³-hybridized carbons (Fsp3) is 0.333. The Kier molecular flexibility index (Phi) is 3.88. The van der Waals surface area contributed by atoms with Crippen molar-refractivity contribution in [3.8, 4) is 0 Å². The van der Waals surface area contributed by atoms with Crippen molar-refractivity contribution in [3.63, 3.8) is 0 Å². The molecule has 10 heteroatoms. The van der Waals surface area contributed by atoms with Crippen LogP contribution in [0.25, 0.3) is 0 Å². The summed E-state index contributed by atoms with van der Waals surface area (Å²) in [7, 11) is 0. The average Bonchev–Trinajstić information content (AvgIpc) is 2.14. The monoisotopic (exact) mass is 252 g/mol. The Balaban J connectivity index is 2.61. The quantitative estimate of drug-likeness (QED) is 0.404. The number of alkyl halides is 3. The van der Waals surface area contributed by atoms with Crippen LogP contribution in [0.15, 0.2) is 16.5 Å². The topological polar surface area (TPSA) is 89.1 Å². The highest BCUT2D eigenvalue weighted by Crippen LogP contribution is 2.14. The minimum Gasteiger partial charge on any atom is -0.370 e. The number of nitrogens with two attached hydrogens (primary N) is 1. The molecular weight excluding hydrogens is 245 g/mol. The molecule has 0 aliphatic carbocycles. The van der Waals surface area contributed by atoms with Crippen LogP contribution in [-0.4, -0.2) is 33.6 Å². The van der Waals surface area contributed by atoms with Crippen molar-refractivity contribution in [2.24, 2.45) is 10.7 Å². The van der Waals surface area contributed by atoms with E-state index < -0.39 is 18.7 Å². The Morgan fingerprint density at radius 3 is 2.75 bits per heavy atom. The van der Waals surface area contributed by atoms with Crippen molar-refractivity contribution < 1.29 is 13.2 Å². The Morgan fingerprint density at radius 1 is 1.50 bits per heavy atom. The number of anilines is 1. The van der Waals surface area contributed by atoms with E-state index >= 15 is 0 Å². The van der Waals surface area contributed by atoms with E-state index in [0.717, 1.165) is 6.33 Å². The first-order valence-corrected chi connectivity index (χ1v) is 4.33. The SMILES string of the molecule is N/C(=N/CC(F)(F)F)Nc1ncnc(S)n1. The van der Waals surface area contributed by atoms with Gasteiger partial charge in [-0.3, -0.25) is 5.32 Å². The van der Waals surface area contributed by atoms with Crippen LogP contribution in [0.1, 0.15) is 0 Å². The van der Waals surface area contributed by atoms with Crippen molar-refractivity contribution in [1.29, 1.82) is 0 Å². The molecule has 1 heterocycles. The first-order chi connectivity index (χ1) is 7.37. The van der Waals surface area contributed by atoms with E-state index in [2.05, 4.69) is 37.9 Å². The van der Waals surface area contributed by atoms with E-state index in [1.165, 1.54) is 0 Å². The van der Waals surface area contributed by atoms with E-state index in [9.17, 15) is 13.2 Å². The number of thiol groups is 1. The molecule has 0 fully saturated rings. The molecule has 0 saturated carbocycles. The second-order valence-corrected chi connectivity index (χ2v) is 2.95. The van der Waals surface area contributed by atoms with Crippen LogP contribution in [0.3, 0.4) is 0 Å². The molecule has 0 aliphatic rings. The van der Waals surface area contributed by atoms with Crippen molar-refractivity contribution in [3.05, 3.63) is 6.33 Å². The second-order valence-electron chi connectivity index (χ2n) is 2.55. The molecule has 88 valence electrons. The molecule has 0 aromatic carbocycles. The van der Waals surface area contributed by atoms with E-state index in [1.807, 2.05) is 0 Å². The van der Waals surface area contributed by atoms with Gasteiger partial charge in [0.2, 0.25) is 5.95 Å². The van der Waals surface area contributed by atoms with Crippen molar-refractivity contribution >= 4 is 24.5 Å². The molecule has 0 aliphatic heterocycles. The van der Waals surface area contributed by atoms with Gasteiger partial charge in [-0.05, 0) is 0 Å². The molecule has 1 rings (SSSR count). The Labute approximate surface area is 93.6 Å². The van der Waals surface area contributed by atoms with Gasteiger partial charge in [0.25, 0.3) is 0 Å². The predicted molar refractivity (Wildman–Crippen MR) is 53.2 cm³/mol. The van der Waals surface area contributed by atoms with Crippen molar-refractivity contribution in [1.82, 2.24) is 15.0 Å². The third-order valence-electron chi connectivity index (χ3n) is 1.23. The second kappa shape index (κ2) is 4.96. The van der Waals surface area contributed by atoms with Gasteiger partial charge in [-0.25, -0.2) is 15.0 Å². The number of nitrogens with one attached hydrogen (secondary N) is 1. The zero-order valence-corrected chi connectivity index (χ0v) is 8.63. The number of hydrogen-bond acceptors (Lipinski definition) is 5. The average molecular weight is 252 g/mol. The minimum absolute atomic E-state index is 0.0246. The van der Waals surface area contributed by atoms with Crippen LogP contribution < -0.4 is 11.1 Å². The molecule has 1 aromatic heterocycles. The maximum absolute atomic E-state index is 11.8. The fourth-order valence-electron chi connectivity index (χ4n) is 0.677. The molecule has 0 spiro atoms. The fourth-order valence-corrected chi connectivity index (χ4v) is 0.823. The molecule has 1 aromatic rings. The summed E-state index contributed by atoms with van der Waals surface area (Å²) in [5.74, 6) is -0.459. The number of rotatable bonds is 2. The molecule has 0 saturated heterocycles. The molecule has 0 amide bonds. The molecule has 0 bridgehead atoms. The molecule has 3 N–H and O–H groups in total. The van der Waals surface area contributed by atoms with E-state index in [-0.39, 0.29) is 11.1 Å². The van der Waals surface area contributed by atoms with Crippen LogP contribution in [0, 0.1) is 0 Å². The van der Waals surface area contributed by atoms with Crippen LogP contribution in [0.4, 0.5) is 19.1 Å². The summed E-state index contributed by atoms with van der Waals surface area (Å²) in [6, 6.07) is 0. The summed E-state index contributed by atoms with van der Waals surface area (Å²) in [6.45, 7) is -1.37. The molecule has 0 radical (unpaired) electrons. The Hall–Kier alpha value is -1.58. The van der Waals surface area contributed by atoms with Crippen LogP contribution in [0.5, 0.6) is 0 Å². The molecule has 16 heavy (non-hydrogen) atoms. The Bertz CT molecular complexity index is 392. The zero-order chi connectivity index (χ0) is 12.2. The lowest BCUT2D eigenvalue weighted by Gasteiger charge is -2.05. The number of aromatic nitrogens is 3. The van der Waals surface area contributed by atoms with Crippen molar-refractivity contribution in [2.45, 2.75) is 11.3 Å². The molecule has 6 nitrogen and oxygen atoms in total. The predicted octanol–water partition coefficient (Wildman–Crippen LogP) is 0.449. The van der Waals surface area contributed by atoms with E-state index in [1.54, 1.807) is 0 Å². The van der Waals surface area contributed by atoms with Gasteiger partial charge < -0.3 is 5.73 Å². The summed E-state index contributed by atoms with van der Waals surface area (Å²) in [5, 5.41) is 2.38. The summed E-state index contributed by atoms with van der Waals surface area (Å²) in [4.78, 5) is 13.9. The van der Waals surface area contributed by atoms with Gasteiger partial charge in [0, 0.05) is 0 Å². The highest BCUT2D eigenvalue weighted by molar-refractivity contribution is 7.80. The maximum atomic E-state index is 11.8. The molecule has 0 unspecified atom stereocenters. The summed E-state index contributed by atoms with van der Waals surface area (Å²) in [5.41, 5.74) is 5.18. The smallest absolute Gasteiger partial charge is 0.370 e. The van der Waals surface area contributed by atoms with Gasteiger partial charge in [-0.15, -0.1) is 12.6 Å². The number of nitrogens with zero attached hydrogens (tertiary/aromatic N) is 4. The van der Waals surface area contributed by atoms with E-state index in [4.69, 9.17) is 5.73 Å². The normalized spacial score (nSPS) is 12.6. The number of guanidine groups is 1. The van der Waals surface area contributed by atoms with Crippen LogP contribution in [0.2, 0.25) is 0 Å². The summed E-state index contributed by atoms with van der Waals surface area (Å²) >= 11 is 3.81. The molecular formula is C6H7F3N6S. The first kappa shape index (κ1) is 12.5. The largest absolute Gasteiger partial charge is 0.408 e. The highest BCUT2D eigenvalue weighted by Gasteiger charge is 2.26. The highest BCUT2D eigenvalue weighted by atomic mass is 32.1. The number of halogens is 3. The van der Waals surface area contributed by atoms with Gasteiger partial charge in [-0.1, -0.05) is 0 Å². The van der Waals surface area contributed by atoms with Crippen molar-refractivity contribution in [2.75, 3.05) is 11.9 Å². The van der Waals surface area contributed by atoms with Gasteiger partial charge >= 0.3 is 6.18 Å². The lowest BCUT2D eigenvalue weighted by atomic mass is 10.6. The van der Waals surface area contributed by atoms with Gasteiger partial charge in [0.15, 0.2) is 11.1 Å². The Morgan fingerprint density at radius 2 is 2.19 bits per heavy atom.